The molecule has 18 heavy (non-hydrogen) atoms. The molecule has 0 radical (unpaired) electrons. The summed E-state index contributed by atoms with van der Waals surface area (Å²) in [6.45, 7) is 5.95. The minimum atomic E-state index is 0.280. The van der Waals surface area contributed by atoms with Gasteiger partial charge in [-0.3, -0.25) is 4.79 Å². The van der Waals surface area contributed by atoms with Crippen LogP contribution in [0.1, 0.15) is 19.5 Å². The van der Waals surface area contributed by atoms with Gasteiger partial charge in [0, 0.05) is 29.7 Å². The van der Waals surface area contributed by atoms with Crippen LogP contribution in [-0.4, -0.2) is 17.0 Å². The Bertz CT molecular complexity index is 532. The van der Waals surface area contributed by atoms with Crippen molar-refractivity contribution in [2.24, 2.45) is 7.05 Å². The van der Waals surface area contributed by atoms with Gasteiger partial charge in [0.15, 0.2) is 0 Å². The van der Waals surface area contributed by atoms with Crippen molar-refractivity contribution in [2.75, 3.05) is 0 Å². The maximum atomic E-state index is 9.50. The van der Waals surface area contributed by atoms with Gasteiger partial charge in [-0.25, -0.2) is 0 Å². The maximum absolute atomic E-state index is 9.50. The average molecular weight is 264 g/mol. The van der Waals surface area contributed by atoms with Gasteiger partial charge in [0.1, 0.15) is 0 Å². The number of fused-ring (bicyclic) bond motifs is 1. The Labute approximate surface area is 111 Å². The number of hydrogen-bond donors (Lipinski definition) is 1. The molecular weight excluding hydrogens is 243 g/mol. The molecule has 3 nitrogen and oxygen atoms in total. The van der Waals surface area contributed by atoms with E-state index in [2.05, 4.69) is 57.4 Å². The number of aromatic nitrogens is 1. The van der Waals surface area contributed by atoms with E-state index in [4.69, 9.17) is 0 Å². The Morgan fingerprint density at radius 1 is 1.33 bits per heavy atom. The van der Waals surface area contributed by atoms with Gasteiger partial charge in [0.05, 0.1) is 0 Å². The first-order valence-electron chi connectivity index (χ1n) is 5.97. The first-order chi connectivity index (χ1) is 8.45. The number of hydrogen-bond acceptors (Lipinski definition) is 1. The van der Waals surface area contributed by atoms with Crippen LogP contribution in [0.5, 0.6) is 0 Å². The van der Waals surface area contributed by atoms with E-state index in [0.29, 0.717) is 6.41 Å². The van der Waals surface area contributed by atoms with Crippen LogP contribution in [0, 0.1) is 6.92 Å². The third-order valence-corrected chi connectivity index (χ3v) is 3.07. The molecule has 1 N–H and O–H groups in total. The monoisotopic (exact) mass is 264 g/mol. The van der Waals surface area contributed by atoms with Crippen molar-refractivity contribution in [3.63, 3.8) is 0 Å². The summed E-state index contributed by atoms with van der Waals surface area (Å²) < 4.78 is 2.21. The number of carbonyl (C=O) groups excluding carboxylic acids is 1. The van der Waals surface area contributed by atoms with Crippen molar-refractivity contribution in [1.29, 1.82) is 0 Å². The normalized spacial score (nSPS) is 10.1. The minimum Gasteiger partial charge on any atom is -0.357 e. The molecule has 2 rings (SSSR count). The predicted molar refractivity (Wildman–Crippen MR) is 81.3 cm³/mol. The summed E-state index contributed by atoms with van der Waals surface area (Å²) in [6, 6.07) is 8.95. The highest BCUT2D eigenvalue weighted by atomic mass is 31.0. The standard InChI is InChI=1S/C10H12NP.C4H9NO/c1-7-5-8-6-9(12)3-4-10(8)11(7)2;1-4(2)5-3-6/h3-6H,12H2,1-2H3;3-4H,1-2H3,(H,5,6). The maximum Gasteiger partial charge on any atom is 0.207 e. The smallest absolute Gasteiger partial charge is 0.207 e. The molecule has 0 aliphatic heterocycles. The molecular formula is C14H21N2OP. The molecule has 98 valence electrons. The Kier molecular flexibility index (Phi) is 5.36. The molecule has 0 aliphatic carbocycles. The van der Waals surface area contributed by atoms with E-state index in [9.17, 15) is 4.79 Å². The lowest BCUT2D eigenvalue weighted by atomic mass is 10.2. The highest BCUT2D eigenvalue weighted by Crippen LogP contribution is 2.16. The van der Waals surface area contributed by atoms with Gasteiger partial charge in [-0.05, 0) is 44.3 Å². The van der Waals surface area contributed by atoms with Crippen molar-refractivity contribution < 1.29 is 4.79 Å². The number of nitrogens with zero attached hydrogens (tertiary/aromatic N) is 1. The third-order valence-electron chi connectivity index (χ3n) is 2.71. The number of amides is 1. The van der Waals surface area contributed by atoms with Gasteiger partial charge in [-0.1, -0.05) is 6.07 Å². The fourth-order valence-corrected chi connectivity index (χ4v) is 1.92. The van der Waals surface area contributed by atoms with Crippen LogP contribution < -0.4 is 10.6 Å². The van der Waals surface area contributed by atoms with Gasteiger partial charge in [-0.15, -0.1) is 9.24 Å². The van der Waals surface area contributed by atoms with Gasteiger partial charge >= 0.3 is 0 Å². The molecule has 1 aromatic heterocycles. The van der Waals surface area contributed by atoms with Crippen LogP contribution in [0.2, 0.25) is 0 Å². The summed E-state index contributed by atoms with van der Waals surface area (Å²) >= 11 is 0. The molecule has 1 aromatic carbocycles. The van der Waals surface area contributed by atoms with E-state index in [0.717, 1.165) is 0 Å². The summed E-state index contributed by atoms with van der Waals surface area (Å²) in [4.78, 5) is 9.50. The quantitative estimate of drug-likeness (QED) is 0.654. The first-order valence-corrected chi connectivity index (χ1v) is 6.54. The number of rotatable bonds is 2. The molecule has 0 spiro atoms. The zero-order valence-corrected chi connectivity index (χ0v) is 12.6. The van der Waals surface area contributed by atoms with Crippen LogP contribution in [-0.2, 0) is 11.8 Å². The zero-order chi connectivity index (χ0) is 13.7. The average Bonchev–Trinajstić information content (AvgIpc) is 2.55. The second-order valence-electron chi connectivity index (χ2n) is 4.60. The Hall–Kier alpha value is -1.34. The largest absolute Gasteiger partial charge is 0.357 e. The second kappa shape index (κ2) is 6.55. The molecule has 0 saturated carbocycles. The lowest BCUT2D eigenvalue weighted by Crippen LogP contribution is -2.19. The molecule has 0 fully saturated rings. The fraction of sp³-hybridized carbons (Fsp3) is 0.357. The molecule has 1 amide bonds. The summed E-state index contributed by atoms with van der Waals surface area (Å²) in [5, 5.41) is 5.09. The summed E-state index contributed by atoms with van der Waals surface area (Å²) in [7, 11) is 4.82. The number of benzene rings is 1. The van der Waals surface area contributed by atoms with Gasteiger partial charge in [-0.2, -0.15) is 0 Å². The first kappa shape index (κ1) is 14.7. The molecule has 2 aromatic rings. The van der Waals surface area contributed by atoms with Gasteiger partial charge in [0.2, 0.25) is 6.41 Å². The summed E-state index contributed by atoms with van der Waals surface area (Å²) in [5.41, 5.74) is 2.61. The topological polar surface area (TPSA) is 34.0 Å². The van der Waals surface area contributed by atoms with E-state index in [1.165, 1.54) is 21.9 Å². The van der Waals surface area contributed by atoms with Crippen LogP contribution in [0.15, 0.2) is 24.3 Å². The molecule has 1 unspecified atom stereocenters. The van der Waals surface area contributed by atoms with Crippen LogP contribution in [0.25, 0.3) is 10.9 Å². The van der Waals surface area contributed by atoms with E-state index < -0.39 is 0 Å². The van der Waals surface area contributed by atoms with E-state index in [-0.39, 0.29) is 6.04 Å². The van der Waals surface area contributed by atoms with E-state index >= 15 is 0 Å². The Morgan fingerprint density at radius 2 is 2.00 bits per heavy atom. The van der Waals surface area contributed by atoms with Crippen LogP contribution in [0.4, 0.5) is 0 Å². The summed E-state index contributed by atoms with van der Waals surface area (Å²) in [6.07, 6.45) is 0.699. The summed E-state index contributed by atoms with van der Waals surface area (Å²) in [5.74, 6) is 0. The Morgan fingerprint density at radius 3 is 2.50 bits per heavy atom. The number of aryl methyl sites for hydroxylation is 2. The lowest BCUT2D eigenvalue weighted by Gasteiger charge is -1.98. The predicted octanol–water partition coefficient (Wildman–Crippen LogP) is 2.13. The Balaban J connectivity index is 0.000000232. The molecule has 4 heteroatoms. The van der Waals surface area contributed by atoms with Crippen LogP contribution in [0.3, 0.4) is 0 Å². The van der Waals surface area contributed by atoms with Gasteiger partial charge < -0.3 is 9.88 Å². The fourth-order valence-electron chi connectivity index (χ4n) is 1.64. The SMILES string of the molecule is CC(C)NC=O.Cc1cc2cc(P)ccc2n1C. The molecule has 0 aliphatic rings. The van der Waals surface area contributed by atoms with Crippen molar-refractivity contribution in [3.05, 3.63) is 30.0 Å². The highest BCUT2D eigenvalue weighted by molar-refractivity contribution is 7.27. The number of carbonyl (C=O) groups is 1. The zero-order valence-electron chi connectivity index (χ0n) is 11.4. The van der Waals surface area contributed by atoms with Crippen molar-refractivity contribution in [3.8, 4) is 0 Å². The van der Waals surface area contributed by atoms with Crippen molar-refractivity contribution in [1.82, 2.24) is 9.88 Å². The number of nitrogens with one attached hydrogen (secondary N) is 1. The van der Waals surface area contributed by atoms with Gasteiger partial charge in [0.25, 0.3) is 0 Å². The molecule has 1 heterocycles. The second-order valence-corrected chi connectivity index (χ2v) is 5.27. The van der Waals surface area contributed by atoms with Crippen molar-refractivity contribution >= 4 is 31.9 Å². The molecule has 0 saturated heterocycles. The lowest BCUT2D eigenvalue weighted by molar-refractivity contribution is -0.109. The minimum absolute atomic E-state index is 0.280. The molecule has 0 bridgehead atoms. The van der Waals surface area contributed by atoms with E-state index in [1.54, 1.807) is 0 Å². The van der Waals surface area contributed by atoms with E-state index in [1.807, 2.05) is 13.8 Å². The van der Waals surface area contributed by atoms with Crippen LogP contribution >= 0.6 is 9.24 Å². The van der Waals surface area contributed by atoms with Crippen molar-refractivity contribution in [2.45, 2.75) is 26.8 Å². The highest BCUT2D eigenvalue weighted by Gasteiger charge is 2.00. The molecule has 1 atom stereocenters. The third kappa shape index (κ3) is 3.85.